The Bertz CT molecular complexity index is 906. The number of ether oxygens (including phenoxy) is 2. The zero-order valence-electron chi connectivity index (χ0n) is 15.8. The molecule has 1 heterocycles. The maximum absolute atomic E-state index is 13.6. The van der Waals surface area contributed by atoms with Crippen LogP contribution in [-0.2, 0) is 19.5 Å². The molecule has 0 saturated heterocycles. The molecule has 0 aromatic heterocycles. The average molecular weight is 388 g/mol. The number of hydrogen-bond acceptors (Lipinski definition) is 4. The first-order valence-corrected chi connectivity index (χ1v) is 10.4. The minimum atomic E-state index is -3.83. The van der Waals surface area contributed by atoms with Gasteiger partial charge in [0.2, 0.25) is 0 Å². The van der Waals surface area contributed by atoms with Crippen molar-refractivity contribution in [1.29, 1.82) is 0 Å². The minimum Gasteiger partial charge on any atom is -0.384 e. The van der Waals surface area contributed by atoms with E-state index in [-0.39, 0.29) is 10.8 Å². The van der Waals surface area contributed by atoms with E-state index in [1.165, 1.54) is 4.31 Å². The summed E-state index contributed by atoms with van der Waals surface area (Å²) in [5.41, 5.74) is 2.44. The molecule has 0 N–H and O–H groups in total. The standard InChI is InChI=1S/C21H25NO4S/c1-4-26-21-18(15-25-3)12-11-17-7-5-6-8-20(17)22(21)27(23,24)19-13-9-16(2)10-14-19/h5-14,18,21H,4,15H2,1-3H3. The number of para-hydroxylation sites is 1. The summed E-state index contributed by atoms with van der Waals surface area (Å²) in [4.78, 5) is 0.241. The van der Waals surface area contributed by atoms with Crippen LogP contribution in [0, 0.1) is 12.8 Å². The van der Waals surface area contributed by atoms with Crippen LogP contribution in [0.4, 0.5) is 5.69 Å². The number of sulfonamides is 1. The third kappa shape index (κ3) is 3.93. The lowest BCUT2D eigenvalue weighted by Crippen LogP contribution is -2.47. The van der Waals surface area contributed by atoms with Crippen molar-refractivity contribution in [2.45, 2.75) is 25.0 Å². The highest BCUT2D eigenvalue weighted by molar-refractivity contribution is 7.92. The third-order valence-electron chi connectivity index (χ3n) is 4.57. The number of aryl methyl sites for hydroxylation is 1. The van der Waals surface area contributed by atoms with Gasteiger partial charge in [0.15, 0.2) is 6.23 Å². The normalized spacial score (nSPS) is 19.6. The van der Waals surface area contributed by atoms with Gasteiger partial charge in [-0.1, -0.05) is 48.0 Å². The van der Waals surface area contributed by atoms with Crippen molar-refractivity contribution < 1.29 is 17.9 Å². The van der Waals surface area contributed by atoms with Crippen LogP contribution in [0.2, 0.25) is 0 Å². The number of anilines is 1. The second kappa shape index (κ2) is 8.25. The lowest BCUT2D eigenvalue weighted by atomic mass is 10.1. The maximum atomic E-state index is 13.6. The van der Waals surface area contributed by atoms with E-state index < -0.39 is 16.3 Å². The minimum absolute atomic E-state index is 0.234. The maximum Gasteiger partial charge on any atom is 0.266 e. The molecule has 0 radical (unpaired) electrons. The Balaban J connectivity index is 2.19. The predicted molar refractivity (Wildman–Crippen MR) is 107 cm³/mol. The van der Waals surface area contributed by atoms with Gasteiger partial charge < -0.3 is 9.47 Å². The number of benzene rings is 2. The lowest BCUT2D eigenvalue weighted by Gasteiger charge is -2.35. The van der Waals surface area contributed by atoms with Crippen molar-refractivity contribution in [2.24, 2.45) is 5.92 Å². The van der Waals surface area contributed by atoms with Crippen LogP contribution in [0.5, 0.6) is 0 Å². The van der Waals surface area contributed by atoms with Crippen LogP contribution in [0.3, 0.4) is 0 Å². The van der Waals surface area contributed by atoms with Gasteiger partial charge in [0.1, 0.15) is 0 Å². The highest BCUT2D eigenvalue weighted by atomic mass is 32.2. The van der Waals surface area contributed by atoms with Crippen molar-refractivity contribution >= 4 is 21.8 Å². The summed E-state index contributed by atoms with van der Waals surface area (Å²) in [5, 5.41) is 0. The number of nitrogens with zero attached hydrogens (tertiary/aromatic N) is 1. The van der Waals surface area contributed by atoms with Crippen molar-refractivity contribution in [2.75, 3.05) is 24.6 Å². The molecule has 1 aliphatic rings. The van der Waals surface area contributed by atoms with E-state index in [0.717, 1.165) is 11.1 Å². The Morgan fingerprint density at radius 3 is 2.44 bits per heavy atom. The van der Waals surface area contributed by atoms with E-state index in [9.17, 15) is 8.42 Å². The Morgan fingerprint density at radius 2 is 1.78 bits per heavy atom. The molecule has 2 aromatic carbocycles. The molecule has 0 amide bonds. The Kier molecular flexibility index (Phi) is 5.99. The molecule has 2 aromatic rings. The van der Waals surface area contributed by atoms with Gasteiger partial charge in [-0.2, -0.15) is 0 Å². The van der Waals surface area contributed by atoms with Crippen LogP contribution in [-0.4, -0.2) is 35.0 Å². The Hall–Kier alpha value is -2.15. The predicted octanol–water partition coefficient (Wildman–Crippen LogP) is 3.84. The number of rotatable bonds is 6. The zero-order valence-corrected chi connectivity index (χ0v) is 16.6. The molecule has 2 atom stereocenters. The molecular weight excluding hydrogens is 362 g/mol. The Morgan fingerprint density at radius 1 is 1.07 bits per heavy atom. The first-order valence-electron chi connectivity index (χ1n) is 8.98. The summed E-state index contributed by atoms with van der Waals surface area (Å²) in [6.07, 6.45) is 3.21. The summed E-state index contributed by atoms with van der Waals surface area (Å²) >= 11 is 0. The van der Waals surface area contributed by atoms with E-state index in [0.29, 0.717) is 18.9 Å². The summed E-state index contributed by atoms with van der Waals surface area (Å²) < 4.78 is 39.9. The average Bonchev–Trinajstić information content (AvgIpc) is 2.81. The smallest absolute Gasteiger partial charge is 0.266 e. The van der Waals surface area contributed by atoms with Gasteiger partial charge in [0, 0.05) is 19.6 Å². The van der Waals surface area contributed by atoms with Gasteiger partial charge in [-0.05, 0) is 37.6 Å². The number of hydrogen-bond donors (Lipinski definition) is 0. The zero-order chi connectivity index (χ0) is 19.4. The molecule has 0 fully saturated rings. The topological polar surface area (TPSA) is 55.8 Å². The number of fused-ring (bicyclic) bond motifs is 1. The second-order valence-electron chi connectivity index (χ2n) is 6.50. The molecule has 0 aliphatic carbocycles. The third-order valence-corrected chi connectivity index (χ3v) is 6.36. The van der Waals surface area contributed by atoms with Crippen LogP contribution in [0.15, 0.2) is 59.5 Å². The highest BCUT2D eigenvalue weighted by Crippen LogP contribution is 2.36. The summed E-state index contributed by atoms with van der Waals surface area (Å²) in [7, 11) is -2.22. The van der Waals surface area contributed by atoms with Crippen molar-refractivity contribution in [3.05, 3.63) is 65.7 Å². The molecule has 3 rings (SSSR count). The van der Waals surface area contributed by atoms with Crippen LogP contribution < -0.4 is 4.31 Å². The van der Waals surface area contributed by atoms with Crippen LogP contribution in [0.25, 0.3) is 6.08 Å². The highest BCUT2D eigenvalue weighted by Gasteiger charge is 2.38. The first kappa shape index (κ1) is 19.6. The summed E-state index contributed by atoms with van der Waals surface area (Å²) in [5.74, 6) is -0.234. The fourth-order valence-electron chi connectivity index (χ4n) is 3.24. The van der Waals surface area contributed by atoms with Gasteiger partial charge in [0.25, 0.3) is 10.0 Å². The Labute approximate surface area is 161 Å². The molecule has 27 heavy (non-hydrogen) atoms. The largest absolute Gasteiger partial charge is 0.384 e. The van der Waals surface area contributed by atoms with Crippen LogP contribution >= 0.6 is 0 Å². The van der Waals surface area contributed by atoms with Crippen molar-refractivity contribution in [1.82, 2.24) is 0 Å². The molecule has 5 nitrogen and oxygen atoms in total. The van der Waals surface area contributed by atoms with Crippen molar-refractivity contribution in [3.63, 3.8) is 0 Å². The van der Waals surface area contributed by atoms with E-state index in [2.05, 4.69) is 0 Å². The first-order chi connectivity index (χ1) is 13.0. The van der Waals surface area contributed by atoms with Gasteiger partial charge in [-0.3, -0.25) is 0 Å². The summed E-state index contributed by atoms with van der Waals surface area (Å²) in [6.45, 7) is 4.54. The summed E-state index contributed by atoms with van der Waals surface area (Å²) in [6, 6.07) is 14.3. The molecule has 0 bridgehead atoms. The molecule has 0 spiro atoms. The monoisotopic (exact) mass is 387 g/mol. The van der Waals surface area contributed by atoms with E-state index in [1.54, 1.807) is 31.4 Å². The molecule has 6 heteroatoms. The van der Waals surface area contributed by atoms with E-state index in [4.69, 9.17) is 9.47 Å². The van der Waals surface area contributed by atoms with Gasteiger partial charge in [-0.25, -0.2) is 12.7 Å². The van der Waals surface area contributed by atoms with E-state index in [1.807, 2.05) is 50.3 Å². The molecule has 2 unspecified atom stereocenters. The van der Waals surface area contributed by atoms with Gasteiger partial charge in [0.05, 0.1) is 17.2 Å². The fourth-order valence-corrected chi connectivity index (χ4v) is 4.87. The van der Waals surface area contributed by atoms with Crippen molar-refractivity contribution in [3.8, 4) is 0 Å². The van der Waals surface area contributed by atoms with E-state index >= 15 is 0 Å². The fraction of sp³-hybridized carbons (Fsp3) is 0.333. The molecular formula is C21H25NO4S. The molecule has 1 aliphatic heterocycles. The van der Waals surface area contributed by atoms with Gasteiger partial charge >= 0.3 is 0 Å². The number of methoxy groups -OCH3 is 1. The SMILES string of the molecule is CCOC1C(COC)C=Cc2ccccc2N1S(=O)(=O)c1ccc(C)cc1. The second-order valence-corrected chi connectivity index (χ2v) is 8.31. The molecule has 0 saturated carbocycles. The lowest BCUT2D eigenvalue weighted by molar-refractivity contribution is 0.0162. The van der Waals surface area contributed by atoms with Gasteiger partial charge in [-0.15, -0.1) is 0 Å². The quantitative estimate of drug-likeness (QED) is 0.756. The molecule has 144 valence electrons. The van der Waals surface area contributed by atoms with Crippen LogP contribution in [0.1, 0.15) is 18.1 Å².